The number of likely N-dealkylation sites (tertiary alicyclic amines) is 1. The molecule has 3 aromatic rings. The van der Waals surface area contributed by atoms with Gasteiger partial charge in [-0.25, -0.2) is 9.97 Å². The number of nitrogens with one attached hydrogen (secondary N) is 1. The molecule has 1 fully saturated rings. The number of carbonyl (C=O) groups excluding carboxylic acids is 1. The van der Waals surface area contributed by atoms with Crippen molar-refractivity contribution in [3.05, 3.63) is 41.9 Å². The minimum Gasteiger partial charge on any atom is -0.391 e. The second-order valence-corrected chi connectivity index (χ2v) is 7.11. The molecule has 8 heteroatoms. The van der Waals surface area contributed by atoms with E-state index in [1.807, 2.05) is 39.0 Å². The molecule has 0 saturated carbocycles. The maximum Gasteiger partial charge on any atom is 0.274 e. The molecular weight excluding hydrogens is 360 g/mol. The Balaban J connectivity index is 0.00000102. The smallest absolute Gasteiger partial charge is 0.274 e. The Bertz CT molecular complexity index is 923. The normalized spacial score (nSPS) is 14.1. The van der Waals surface area contributed by atoms with Crippen LogP contribution in [0.2, 0.25) is 0 Å². The van der Waals surface area contributed by atoms with Gasteiger partial charge in [-0.1, -0.05) is 19.9 Å². The third-order valence-electron chi connectivity index (χ3n) is 4.21. The lowest BCUT2D eigenvalue weighted by atomic mass is 10.2. The van der Waals surface area contributed by atoms with Crippen LogP contribution in [0.1, 0.15) is 49.4 Å². The van der Waals surface area contributed by atoms with E-state index in [2.05, 4.69) is 20.3 Å². The Kier molecular flexibility index (Phi) is 5.85. The Morgan fingerprint density at radius 2 is 2.07 bits per heavy atom. The summed E-state index contributed by atoms with van der Waals surface area (Å²) in [6.07, 6.45) is 2.78. The first-order valence-electron chi connectivity index (χ1n) is 9.15. The number of rotatable bonds is 4. The van der Waals surface area contributed by atoms with Crippen LogP contribution in [0.25, 0.3) is 10.2 Å². The fraction of sp³-hybridized carbons (Fsp3) is 0.368. The molecule has 4 heterocycles. The highest BCUT2D eigenvalue weighted by Crippen LogP contribution is 2.31. The van der Waals surface area contributed by atoms with Gasteiger partial charge in [-0.3, -0.25) is 9.78 Å². The minimum atomic E-state index is -0.0819. The van der Waals surface area contributed by atoms with Gasteiger partial charge < -0.3 is 16.0 Å². The van der Waals surface area contributed by atoms with Gasteiger partial charge in [0.2, 0.25) is 5.95 Å². The van der Waals surface area contributed by atoms with Crippen molar-refractivity contribution in [2.45, 2.75) is 33.2 Å². The largest absolute Gasteiger partial charge is 0.391 e. The summed E-state index contributed by atoms with van der Waals surface area (Å²) in [6, 6.07) is 7.44. The summed E-state index contributed by atoms with van der Waals surface area (Å²) in [7, 11) is 0. The van der Waals surface area contributed by atoms with E-state index in [1.165, 1.54) is 11.3 Å². The molecule has 7 nitrogen and oxygen atoms in total. The van der Waals surface area contributed by atoms with Crippen molar-refractivity contribution < 1.29 is 4.79 Å². The highest BCUT2D eigenvalue weighted by atomic mass is 32.1. The van der Waals surface area contributed by atoms with Crippen molar-refractivity contribution in [3.63, 3.8) is 0 Å². The molecule has 3 aromatic heterocycles. The fourth-order valence-corrected chi connectivity index (χ4v) is 3.57. The van der Waals surface area contributed by atoms with E-state index in [0.717, 1.165) is 29.9 Å². The molecule has 0 aromatic carbocycles. The molecule has 0 radical (unpaired) electrons. The Morgan fingerprint density at radius 3 is 2.70 bits per heavy atom. The number of hydrogen-bond donors (Lipinski definition) is 2. The zero-order valence-corrected chi connectivity index (χ0v) is 16.6. The van der Waals surface area contributed by atoms with E-state index < -0.39 is 0 Å². The first-order valence-corrected chi connectivity index (χ1v) is 9.97. The van der Waals surface area contributed by atoms with E-state index in [-0.39, 0.29) is 11.9 Å². The van der Waals surface area contributed by atoms with E-state index in [9.17, 15) is 4.79 Å². The monoisotopic (exact) mass is 384 g/mol. The molecule has 1 saturated heterocycles. The fourth-order valence-electron chi connectivity index (χ4n) is 2.73. The van der Waals surface area contributed by atoms with Crippen LogP contribution >= 0.6 is 11.3 Å². The van der Waals surface area contributed by atoms with Crippen molar-refractivity contribution in [3.8, 4) is 0 Å². The molecule has 4 rings (SSSR count). The standard InChI is InChI=1S/C17H18N6OS.C2H6/c1-10(11-5-2-3-6-19-11)20-17-21-12-9-13(18)25-15(12)14(22-17)16(24)23-7-4-8-23;1-2/h2-3,5-6,9-10H,4,7-8,18H2,1H3,(H,20,21,22);1-2H3/t10-;/m0./s1. The summed E-state index contributed by atoms with van der Waals surface area (Å²) in [5.74, 6) is 0.348. The number of aromatic nitrogens is 3. The highest BCUT2D eigenvalue weighted by molar-refractivity contribution is 7.22. The molecule has 27 heavy (non-hydrogen) atoms. The van der Waals surface area contributed by atoms with Gasteiger partial charge in [0.05, 0.1) is 27.0 Å². The SMILES string of the molecule is CC.C[C@H](Nc1nc(C(=O)N2CCC2)c2sc(N)cc2n1)c1ccccn1. The summed E-state index contributed by atoms with van der Waals surface area (Å²) in [5.41, 5.74) is 7.91. The summed E-state index contributed by atoms with van der Waals surface area (Å²) in [5, 5.41) is 3.86. The van der Waals surface area contributed by atoms with Gasteiger partial charge in [-0.2, -0.15) is 0 Å². The van der Waals surface area contributed by atoms with Crippen LogP contribution in [-0.2, 0) is 0 Å². The third kappa shape index (κ3) is 4.00. The van der Waals surface area contributed by atoms with Gasteiger partial charge in [-0.15, -0.1) is 11.3 Å². The average Bonchev–Trinajstić information content (AvgIpc) is 3.02. The molecule has 1 aliphatic rings. The molecule has 1 amide bonds. The number of nitrogens with two attached hydrogens (primary N) is 1. The number of anilines is 2. The van der Waals surface area contributed by atoms with Crippen LogP contribution in [0.4, 0.5) is 10.9 Å². The number of hydrogen-bond acceptors (Lipinski definition) is 7. The highest BCUT2D eigenvalue weighted by Gasteiger charge is 2.26. The van der Waals surface area contributed by atoms with Crippen LogP contribution in [0, 0.1) is 0 Å². The van der Waals surface area contributed by atoms with E-state index >= 15 is 0 Å². The third-order valence-corrected chi connectivity index (χ3v) is 5.17. The number of thiophene rings is 1. The zero-order valence-electron chi connectivity index (χ0n) is 15.8. The maximum atomic E-state index is 12.7. The minimum absolute atomic E-state index is 0.0611. The quantitative estimate of drug-likeness (QED) is 0.712. The summed E-state index contributed by atoms with van der Waals surface area (Å²) in [4.78, 5) is 27.9. The lowest BCUT2D eigenvalue weighted by Gasteiger charge is -2.30. The number of carbonyl (C=O) groups is 1. The van der Waals surface area contributed by atoms with Gasteiger partial charge in [0, 0.05) is 19.3 Å². The van der Waals surface area contributed by atoms with Crippen molar-refractivity contribution in [1.29, 1.82) is 0 Å². The molecule has 1 aliphatic heterocycles. The Morgan fingerprint density at radius 1 is 1.30 bits per heavy atom. The first kappa shape index (κ1) is 19.0. The van der Waals surface area contributed by atoms with Crippen LogP contribution in [0.15, 0.2) is 30.5 Å². The summed E-state index contributed by atoms with van der Waals surface area (Å²) < 4.78 is 0.741. The van der Waals surface area contributed by atoms with Crippen molar-refractivity contribution in [2.75, 3.05) is 24.1 Å². The predicted octanol–water partition coefficient (Wildman–Crippen LogP) is 3.71. The Hall–Kier alpha value is -2.74. The maximum absolute atomic E-state index is 12.7. The topological polar surface area (TPSA) is 97.0 Å². The zero-order chi connectivity index (χ0) is 19.4. The summed E-state index contributed by atoms with van der Waals surface area (Å²) in [6.45, 7) is 7.53. The summed E-state index contributed by atoms with van der Waals surface area (Å²) >= 11 is 1.35. The van der Waals surface area contributed by atoms with Crippen LogP contribution in [0.3, 0.4) is 0 Å². The molecular formula is C19H24N6OS. The molecule has 3 N–H and O–H groups in total. The van der Waals surface area contributed by atoms with Crippen molar-refractivity contribution >= 4 is 38.4 Å². The van der Waals surface area contributed by atoms with Gasteiger partial charge >= 0.3 is 0 Å². The second kappa shape index (κ2) is 8.30. The molecule has 142 valence electrons. The number of pyridine rings is 1. The molecule has 0 spiro atoms. The molecule has 0 aliphatic carbocycles. The van der Waals surface area contributed by atoms with Crippen LogP contribution in [0.5, 0.6) is 0 Å². The number of nitrogens with zero attached hydrogens (tertiary/aromatic N) is 4. The number of nitrogen functional groups attached to an aromatic ring is 1. The lowest BCUT2D eigenvalue weighted by molar-refractivity contribution is 0.0648. The number of amides is 1. The van der Waals surface area contributed by atoms with Crippen LogP contribution in [-0.4, -0.2) is 38.8 Å². The average molecular weight is 385 g/mol. The van der Waals surface area contributed by atoms with Crippen molar-refractivity contribution in [2.24, 2.45) is 0 Å². The van der Waals surface area contributed by atoms with Gasteiger partial charge in [-0.05, 0) is 31.5 Å². The van der Waals surface area contributed by atoms with Gasteiger partial charge in [0.25, 0.3) is 5.91 Å². The molecule has 0 unspecified atom stereocenters. The predicted molar refractivity (Wildman–Crippen MR) is 110 cm³/mol. The Labute approximate surface area is 162 Å². The van der Waals surface area contributed by atoms with E-state index in [1.54, 1.807) is 17.2 Å². The lowest BCUT2D eigenvalue weighted by Crippen LogP contribution is -2.42. The van der Waals surface area contributed by atoms with Crippen LogP contribution < -0.4 is 11.1 Å². The first-order chi connectivity index (χ1) is 13.1. The molecule has 1 atom stereocenters. The number of fused-ring (bicyclic) bond motifs is 1. The van der Waals surface area contributed by atoms with E-state index in [4.69, 9.17) is 5.73 Å². The second-order valence-electron chi connectivity index (χ2n) is 6.03. The van der Waals surface area contributed by atoms with Crippen molar-refractivity contribution in [1.82, 2.24) is 19.9 Å². The van der Waals surface area contributed by atoms with Gasteiger partial charge in [0.1, 0.15) is 0 Å². The molecule has 0 bridgehead atoms. The van der Waals surface area contributed by atoms with Gasteiger partial charge in [0.15, 0.2) is 5.69 Å². The van der Waals surface area contributed by atoms with E-state index in [0.29, 0.717) is 22.2 Å².